The van der Waals surface area contributed by atoms with Crippen molar-refractivity contribution < 1.29 is 8.83 Å². The smallest absolute Gasteiger partial charge is 0.198 e. The van der Waals surface area contributed by atoms with Gasteiger partial charge in [-0.15, -0.1) is 0 Å². The van der Waals surface area contributed by atoms with Crippen LogP contribution >= 0.6 is 0 Å². The van der Waals surface area contributed by atoms with Gasteiger partial charge in [-0.25, -0.2) is 9.97 Å². The molecule has 0 amide bonds. The second-order valence-corrected chi connectivity index (χ2v) is 32.8. The minimum absolute atomic E-state index is 0.0228. The van der Waals surface area contributed by atoms with Crippen molar-refractivity contribution in [2.75, 3.05) is 9.80 Å². The molecule has 2 aromatic heterocycles. The number of hydrogen-bond donors (Lipinski definition) is 0. The first-order chi connectivity index (χ1) is 40.7. The monoisotopic (exact) mass is 1140 g/mol. The summed E-state index contributed by atoms with van der Waals surface area (Å²) in [6, 6.07) is 65.2. The first-order valence-corrected chi connectivity index (χ1v) is 33.8. The molecule has 3 aliphatic rings. The fourth-order valence-corrected chi connectivity index (χ4v) is 19.4. The van der Waals surface area contributed by atoms with Crippen LogP contribution in [0.5, 0.6) is 0 Å². The van der Waals surface area contributed by atoms with Gasteiger partial charge in [0, 0.05) is 45.7 Å². The molecule has 0 N–H and O–H groups in total. The van der Waals surface area contributed by atoms with Crippen molar-refractivity contribution in [2.45, 2.75) is 181 Å². The molecule has 2 aliphatic carbocycles. The molecule has 0 unspecified atom stereocenters. The van der Waals surface area contributed by atoms with Crippen LogP contribution in [0.2, 0.25) is 0 Å². The van der Waals surface area contributed by atoms with E-state index in [2.05, 4.69) is 263 Å². The summed E-state index contributed by atoms with van der Waals surface area (Å²) in [5.41, 5.74) is 17.0. The predicted octanol–water partition coefficient (Wildman–Crippen LogP) is 19.6. The minimum atomic E-state index is -3.44. The molecule has 0 atom stereocenters. The number of rotatable bonds is 10. The lowest BCUT2D eigenvalue weighted by molar-refractivity contribution is 0.373. The first-order valence-electron chi connectivity index (χ1n) is 31.8. The first kappa shape index (κ1) is 56.6. The average Bonchev–Trinajstić information content (AvgIpc) is 1.54. The van der Waals surface area contributed by atoms with Gasteiger partial charge in [-0.05, 0) is 151 Å². The summed E-state index contributed by atoms with van der Waals surface area (Å²) in [4.78, 5) is 16.7. The molecule has 1 aliphatic heterocycles. The normalized spacial score (nSPS) is 16.0. The molecule has 6 nitrogen and oxygen atoms in total. The Bertz CT molecular complexity index is 3640. The number of oxazole rings is 2. The SMILES string of the molecule is CC(C)(C)c1ccc(N(c2ccc(C(C)(C)C)cc2)c2cc3c(c4oc(C5CCCCC5)nc24)-c2c(cc(N(c4ccc(C(C)(C)C)cc4)c4ccc(C(C)(C)C)cc4)c4nc(C5CCCCC5)oc24)[Si]3(c2ccccc2)c2ccccc2)cc1. The summed E-state index contributed by atoms with van der Waals surface area (Å²) >= 11 is 0. The molecular weight excluding hydrogens is 1050 g/mol. The second kappa shape index (κ2) is 21.5. The summed E-state index contributed by atoms with van der Waals surface area (Å²) in [6.45, 7) is 27.6. The second-order valence-electron chi connectivity index (χ2n) is 29.1. The van der Waals surface area contributed by atoms with E-state index in [-0.39, 0.29) is 33.5 Å². The Hall–Kier alpha value is -7.48. The molecule has 8 aromatic carbocycles. The quantitative estimate of drug-likeness (QED) is 0.127. The Morgan fingerprint density at radius 1 is 0.365 bits per heavy atom. The molecule has 0 radical (unpaired) electrons. The Labute approximate surface area is 506 Å². The van der Waals surface area contributed by atoms with Crippen molar-refractivity contribution in [3.05, 3.63) is 204 Å². The summed E-state index contributed by atoms with van der Waals surface area (Å²) in [5, 5.41) is 5.12. The maximum atomic E-state index is 7.74. The van der Waals surface area contributed by atoms with Crippen LogP contribution in [-0.2, 0) is 21.7 Å². The van der Waals surface area contributed by atoms with Crippen molar-refractivity contribution in [1.29, 1.82) is 0 Å². The van der Waals surface area contributed by atoms with Gasteiger partial charge in [-0.3, -0.25) is 0 Å². The van der Waals surface area contributed by atoms with Gasteiger partial charge < -0.3 is 18.6 Å². The van der Waals surface area contributed by atoms with E-state index >= 15 is 0 Å². The number of anilines is 6. The minimum Gasteiger partial charge on any atom is -0.440 e. The summed E-state index contributed by atoms with van der Waals surface area (Å²) in [5.74, 6) is 2.12. The van der Waals surface area contributed by atoms with Gasteiger partial charge in [-0.1, -0.05) is 231 Å². The third-order valence-electron chi connectivity index (χ3n) is 19.2. The maximum Gasteiger partial charge on any atom is 0.198 e. The topological polar surface area (TPSA) is 58.5 Å². The number of fused-ring (bicyclic) bond motifs is 7. The lowest BCUT2D eigenvalue weighted by Gasteiger charge is -2.34. The molecule has 13 rings (SSSR count). The predicted molar refractivity (Wildman–Crippen MR) is 360 cm³/mol. The molecular formula is C78H86N4O2Si. The van der Waals surface area contributed by atoms with Crippen LogP contribution in [0.4, 0.5) is 34.1 Å². The highest BCUT2D eigenvalue weighted by atomic mass is 28.3. The molecule has 7 heteroatoms. The molecule has 2 fully saturated rings. The maximum absolute atomic E-state index is 7.74. The molecule has 0 spiro atoms. The van der Waals surface area contributed by atoms with Crippen LogP contribution in [0.1, 0.15) is 193 Å². The molecule has 2 saturated carbocycles. The van der Waals surface area contributed by atoms with Crippen LogP contribution < -0.4 is 30.5 Å². The van der Waals surface area contributed by atoms with E-state index in [0.29, 0.717) is 0 Å². The van der Waals surface area contributed by atoms with E-state index in [1.165, 1.54) is 81.5 Å². The van der Waals surface area contributed by atoms with Gasteiger partial charge in [-0.2, -0.15) is 0 Å². The highest BCUT2D eigenvalue weighted by Gasteiger charge is 2.53. The van der Waals surface area contributed by atoms with Crippen molar-refractivity contribution in [3.63, 3.8) is 0 Å². The molecule has 85 heavy (non-hydrogen) atoms. The Balaban J connectivity index is 1.19. The number of aromatic nitrogens is 2. The van der Waals surface area contributed by atoms with E-state index in [9.17, 15) is 0 Å². The van der Waals surface area contributed by atoms with Crippen LogP contribution in [0, 0.1) is 0 Å². The summed E-state index contributed by atoms with van der Waals surface area (Å²) in [7, 11) is -3.44. The molecule has 10 aromatic rings. The highest BCUT2D eigenvalue weighted by molar-refractivity contribution is 7.22. The summed E-state index contributed by atoms with van der Waals surface area (Å²) < 4.78 is 15.5. The Morgan fingerprint density at radius 2 is 0.647 bits per heavy atom. The lowest BCUT2D eigenvalue weighted by atomic mass is 9.86. The Morgan fingerprint density at radius 3 is 0.918 bits per heavy atom. The molecule has 434 valence electrons. The largest absolute Gasteiger partial charge is 0.440 e. The van der Waals surface area contributed by atoms with Gasteiger partial charge in [0.2, 0.25) is 0 Å². The van der Waals surface area contributed by atoms with Gasteiger partial charge in [0.1, 0.15) is 11.0 Å². The zero-order chi connectivity index (χ0) is 59.2. The average molecular weight is 1140 g/mol. The third kappa shape index (κ3) is 10.2. The third-order valence-corrected chi connectivity index (χ3v) is 24.0. The van der Waals surface area contributed by atoms with Crippen LogP contribution in [-0.4, -0.2) is 18.0 Å². The van der Waals surface area contributed by atoms with E-state index in [1.807, 2.05) is 0 Å². The molecule has 0 saturated heterocycles. The van der Waals surface area contributed by atoms with E-state index < -0.39 is 8.07 Å². The number of nitrogens with zero attached hydrogens (tertiary/aromatic N) is 4. The van der Waals surface area contributed by atoms with E-state index in [4.69, 9.17) is 18.8 Å². The lowest BCUT2D eigenvalue weighted by Crippen LogP contribution is -2.72. The number of benzene rings is 8. The van der Waals surface area contributed by atoms with Gasteiger partial charge in [0.15, 0.2) is 31.0 Å². The van der Waals surface area contributed by atoms with Gasteiger partial charge in [0.25, 0.3) is 0 Å². The molecule has 0 bridgehead atoms. The van der Waals surface area contributed by atoms with Crippen LogP contribution in [0.15, 0.2) is 179 Å². The fraction of sp³-hybridized carbons (Fsp3) is 0.359. The highest BCUT2D eigenvalue weighted by Crippen LogP contribution is 2.51. The van der Waals surface area contributed by atoms with Crippen LogP contribution in [0.3, 0.4) is 0 Å². The zero-order valence-corrected chi connectivity index (χ0v) is 53.5. The zero-order valence-electron chi connectivity index (χ0n) is 52.5. The Kier molecular flexibility index (Phi) is 14.3. The fourth-order valence-electron chi connectivity index (χ4n) is 14.2. The van der Waals surface area contributed by atoms with Gasteiger partial charge in [0.05, 0.1) is 11.4 Å². The van der Waals surface area contributed by atoms with Gasteiger partial charge >= 0.3 is 0 Å². The van der Waals surface area contributed by atoms with E-state index in [0.717, 1.165) is 105 Å². The molecule has 3 heterocycles. The van der Waals surface area contributed by atoms with Crippen molar-refractivity contribution >= 4 is 85.1 Å². The van der Waals surface area contributed by atoms with E-state index in [1.54, 1.807) is 0 Å². The van der Waals surface area contributed by atoms with Crippen molar-refractivity contribution in [1.82, 2.24) is 9.97 Å². The van der Waals surface area contributed by atoms with Crippen molar-refractivity contribution in [2.24, 2.45) is 0 Å². The van der Waals surface area contributed by atoms with Crippen molar-refractivity contribution in [3.8, 4) is 11.1 Å². The standard InChI is InChI=1S/C78H86N4O2Si/c1-75(2,3)53-33-41-57(42-34-53)81(58-43-35-54(36-44-58)76(4,5)6)63-49-65-67(71-69(63)79-73(83-71)51-25-17-13-18-26-51)68-66(85(65,61-29-21-15-22-30-61)62-31-23-16-24-32-62)50-64(70-72(68)84-74(80-70)52-27-19-14-20-28-52)82(59-45-37-55(38-46-59)77(7,8)9)60-47-39-56(40-48-60)78(10,11)12/h15-16,21-24,29-52H,13-14,17-20,25-28H2,1-12H3. The summed E-state index contributed by atoms with van der Waals surface area (Å²) in [6.07, 6.45) is 11.4. The van der Waals surface area contributed by atoms with Crippen LogP contribution in [0.25, 0.3) is 33.3 Å². The number of hydrogen-bond acceptors (Lipinski definition) is 6.